The molecule has 0 spiro atoms. The maximum absolute atomic E-state index is 2.42. The van der Waals surface area contributed by atoms with E-state index in [0.717, 1.165) is 6.42 Å². The summed E-state index contributed by atoms with van der Waals surface area (Å²) in [6.45, 7) is 4.42. The van der Waals surface area contributed by atoms with E-state index in [2.05, 4.69) is 122 Å². The zero-order valence-corrected chi connectivity index (χ0v) is 21.3. The third kappa shape index (κ3) is 3.99. The molecular formula is C35H33N. The molecule has 5 aromatic carbocycles. The quantitative estimate of drug-likeness (QED) is 0.201. The highest BCUT2D eigenvalue weighted by atomic mass is 15.1. The van der Waals surface area contributed by atoms with Crippen molar-refractivity contribution in [3.8, 4) is 22.3 Å². The minimum atomic E-state index is 1.16. The molecule has 178 valence electrons. The lowest BCUT2D eigenvalue weighted by Crippen LogP contribution is -2.10. The van der Waals surface area contributed by atoms with Gasteiger partial charge in [0.2, 0.25) is 0 Å². The predicted molar refractivity (Wildman–Crippen MR) is 156 cm³/mol. The van der Waals surface area contributed by atoms with Crippen LogP contribution in [0.2, 0.25) is 0 Å². The summed E-state index contributed by atoms with van der Waals surface area (Å²) in [4.78, 5) is 2.42. The van der Waals surface area contributed by atoms with Gasteiger partial charge in [0.15, 0.2) is 0 Å². The van der Waals surface area contributed by atoms with Crippen molar-refractivity contribution in [3.63, 3.8) is 0 Å². The number of anilines is 3. The van der Waals surface area contributed by atoms with E-state index in [9.17, 15) is 0 Å². The zero-order chi connectivity index (χ0) is 24.5. The molecule has 1 nitrogen and oxygen atoms in total. The summed E-state index contributed by atoms with van der Waals surface area (Å²) >= 11 is 0. The van der Waals surface area contributed by atoms with Gasteiger partial charge in [0.25, 0.3) is 0 Å². The molecule has 1 heteroatoms. The number of fused-ring (bicyclic) bond motifs is 3. The highest BCUT2D eigenvalue weighted by Gasteiger charge is 2.24. The van der Waals surface area contributed by atoms with Crippen molar-refractivity contribution in [2.75, 3.05) is 4.90 Å². The Kier molecular flexibility index (Phi) is 6.07. The molecule has 0 saturated carbocycles. The lowest BCUT2D eigenvalue weighted by atomic mass is 10.00. The second-order valence-corrected chi connectivity index (χ2v) is 10.1. The maximum Gasteiger partial charge on any atom is 0.0540 e. The van der Waals surface area contributed by atoms with Crippen LogP contribution < -0.4 is 4.90 Å². The summed E-state index contributed by atoms with van der Waals surface area (Å²) in [6.07, 6.45) is 6.35. The molecule has 0 bridgehead atoms. The van der Waals surface area contributed by atoms with Crippen LogP contribution in [-0.2, 0) is 6.42 Å². The molecule has 0 aliphatic heterocycles. The fourth-order valence-electron chi connectivity index (χ4n) is 5.68. The van der Waals surface area contributed by atoms with Crippen LogP contribution in [0.15, 0.2) is 103 Å². The maximum atomic E-state index is 2.42. The van der Waals surface area contributed by atoms with Crippen LogP contribution in [0.3, 0.4) is 0 Å². The van der Waals surface area contributed by atoms with Crippen LogP contribution >= 0.6 is 0 Å². The summed E-state index contributed by atoms with van der Waals surface area (Å²) in [7, 11) is 0. The van der Waals surface area contributed by atoms with Crippen LogP contribution in [0.1, 0.15) is 43.7 Å². The largest absolute Gasteiger partial charge is 0.310 e. The lowest BCUT2D eigenvalue weighted by molar-refractivity contribution is 0.667. The normalized spacial score (nSPS) is 11.6. The van der Waals surface area contributed by atoms with Gasteiger partial charge in [-0.15, -0.1) is 0 Å². The zero-order valence-electron chi connectivity index (χ0n) is 21.3. The summed E-state index contributed by atoms with van der Waals surface area (Å²) in [6, 6.07) is 38.3. The number of hydrogen-bond acceptors (Lipinski definition) is 1. The van der Waals surface area contributed by atoms with E-state index < -0.39 is 0 Å². The Bertz CT molecular complexity index is 1480. The van der Waals surface area contributed by atoms with E-state index in [1.165, 1.54) is 86.9 Å². The number of hydrogen-bond donors (Lipinski definition) is 0. The second-order valence-electron chi connectivity index (χ2n) is 10.1. The average molecular weight is 468 g/mol. The van der Waals surface area contributed by atoms with Crippen LogP contribution in [0.25, 0.3) is 33.0 Å². The fourth-order valence-corrected chi connectivity index (χ4v) is 5.68. The molecule has 5 aromatic rings. The third-order valence-electron chi connectivity index (χ3n) is 7.57. The van der Waals surface area contributed by atoms with Crippen LogP contribution in [0, 0.1) is 6.92 Å². The van der Waals surface area contributed by atoms with Crippen LogP contribution in [0.4, 0.5) is 17.1 Å². The molecule has 0 saturated heterocycles. The number of rotatable bonds is 8. The topological polar surface area (TPSA) is 3.24 Å². The van der Waals surface area contributed by atoms with Gasteiger partial charge >= 0.3 is 0 Å². The van der Waals surface area contributed by atoms with Crippen LogP contribution in [0.5, 0.6) is 0 Å². The Hall–Kier alpha value is -3.84. The minimum Gasteiger partial charge on any atom is -0.310 e. The molecular weight excluding hydrogens is 434 g/mol. The first-order valence-electron chi connectivity index (χ1n) is 13.4. The molecule has 0 unspecified atom stereocenters. The number of aryl methyl sites for hydroxylation is 2. The Morgan fingerprint density at radius 3 is 1.89 bits per heavy atom. The summed E-state index contributed by atoms with van der Waals surface area (Å²) in [5.41, 5.74) is 11.7. The third-order valence-corrected chi connectivity index (χ3v) is 7.57. The molecule has 0 radical (unpaired) electrons. The standard InChI is InChI=1S/C35H33N/c1-3-4-5-6-10-26-17-21-28(22-18-26)36(27-19-15-25(2)16-20-27)34-24-23-32-30-12-8-7-11-29(30)31-13-9-14-33(34)35(31)32/h7-9,11-24H,3-6,10H2,1-2H3. The molecule has 0 fully saturated rings. The van der Waals surface area contributed by atoms with Crippen LogP contribution in [-0.4, -0.2) is 0 Å². The van der Waals surface area contributed by atoms with Gasteiger partial charge in [0.05, 0.1) is 5.69 Å². The molecule has 6 rings (SSSR count). The molecule has 1 aliphatic carbocycles. The molecule has 0 N–H and O–H groups in total. The van der Waals surface area contributed by atoms with Gasteiger partial charge in [-0.1, -0.05) is 105 Å². The monoisotopic (exact) mass is 467 g/mol. The van der Waals surface area contributed by atoms with Gasteiger partial charge in [-0.3, -0.25) is 0 Å². The van der Waals surface area contributed by atoms with Gasteiger partial charge in [-0.05, 0) is 83.3 Å². The lowest BCUT2D eigenvalue weighted by Gasteiger charge is -2.27. The van der Waals surface area contributed by atoms with Crippen molar-refractivity contribution >= 4 is 27.8 Å². The summed E-state index contributed by atoms with van der Waals surface area (Å²) in [5.74, 6) is 0. The van der Waals surface area contributed by atoms with Crippen molar-refractivity contribution in [2.45, 2.75) is 46.0 Å². The van der Waals surface area contributed by atoms with Crippen molar-refractivity contribution in [2.24, 2.45) is 0 Å². The summed E-state index contributed by atoms with van der Waals surface area (Å²) in [5, 5.41) is 2.66. The number of benzene rings is 5. The average Bonchev–Trinajstić information content (AvgIpc) is 3.25. The first-order valence-corrected chi connectivity index (χ1v) is 13.4. The number of unbranched alkanes of at least 4 members (excludes halogenated alkanes) is 3. The van der Waals surface area contributed by atoms with Gasteiger partial charge < -0.3 is 4.90 Å². The highest BCUT2D eigenvalue weighted by molar-refractivity contribution is 6.19. The van der Waals surface area contributed by atoms with E-state index in [1.807, 2.05) is 0 Å². The van der Waals surface area contributed by atoms with E-state index in [1.54, 1.807) is 0 Å². The highest BCUT2D eigenvalue weighted by Crippen LogP contribution is 2.50. The van der Waals surface area contributed by atoms with E-state index in [4.69, 9.17) is 0 Å². The molecule has 0 atom stereocenters. The predicted octanol–water partition coefficient (Wildman–Crippen LogP) is 10.4. The van der Waals surface area contributed by atoms with Gasteiger partial charge in [-0.2, -0.15) is 0 Å². The Morgan fingerprint density at radius 1 is 0.556 bits per heavy atom. The molecule has 0 amide bonds. The van der Waals surface area contributed by atoms with Gasteiger partial charge in [0.1, 0.15) is 0 Å². The van der Waals surface area contributed by atoms with Crippen molar-refractivity contribution in [3.05, 3.63) is 114 Å². The van der Waals surface area contributed by atoms with Gasteiger partial charge in [-0.25, -0.2) is 0 Å². The Balaban J connectivity index is 1.46. The molecule has 0 aromatic heterocycles. The van der Waals surface area contributed by atoms with Gasteiger partial charge in [0, 0.05) is 16.8 Å². The second kappa shape index (κ2) is 9.66. The van der Waals surface area contributed by atoms with E-state index >= 15 is 0 Å². The number of nitrogens with zero attached hydrogens (tertiary/aromatic N) is 1. The SMILES string of the molecule is CCCCCCc1ccc(N(c2ccc(C)cc2)c2ccc3c4c(cccc24)-c2ccccc2-3)cc1. The minimum absolute atomic E-state index is 1.16. The molecule has 36 heavy (non-hydrogen) atoms. The van der Waals surface area contributed by atoms with Crippen molar-refractivity contribution in [1.29, 1.82) is 0 Å². The Morgan fingerprint density at radius 2 is 1.19 bits per heavy atom. The van der Waals surface area contributed by atoms with Crippen molar-refractivity contribution < 1.29 is 0 Å². The fraction of sp³-hybridized carbons (Fsp3) is 0.200. The molecule has 1 aliphatic rings. The smallest absolute Gasteiger partial charge is 0.0540 e. The summed E-state index contributed by atoms with van der Waals surface area (Å²) < 4.78 is 0. The first-order chi connectivity index (χ1) is 17.7. The first kappa shape index (κ1) is 22.6. The Labute approximate surface area is 215 Å². The van der Waals surface area contributed by atoms with Crippen molar-refractivity contribution in [1.82, 2.24) is 0 Å². The molecule has 0 heterocycles. The van der Waals surface area contributed by atoms with E-state index in [0.29, 0.717) is 0 Å². The van der Waals surface area contributed by atoms with E-state index in [-0.39, 0.29) is 0 Å².